The predicted octanol–water partition coefficient (Wildman–Crippen LogP) is 2.28. The molecule has 21 heavy (non-hydrogen) atoms. The van der Waals surface area contributed by atoms with E-state index in [4.69, 9.17) is 0 Å². The van der Waals surface area contributed by atoms with Crippen molar-refractivity contribution in [2.24, 2.45) is 0 Å². The smallest absolute Gasteiger partial charge is 0.321 e. The minimum absolute atomic E-state index is 0.0916. The van der Waals surface area contributed by atoms with E-state index in [1.54, 1.807) is 30.9 Å². The second kappa shape index (κ2) is 6.53. The standard InChI is InChI=1S/C14H18N4O2S/c1-9(6-13(19)15-2)18(3)14(20)17-10-4-5-12-11(7-10)16-8-21-12/h4-5,7-9H,6H2,1-3H3,(H,15,19)(H,17,20). The number of fused-ring (bicyclic) bond motifs is 1. The number of aromatic nitrogens is 1. The summed E-state index contributed by atoms with van der Waals surface area (Å²) in [5.41, 5.74) is 3.32. The van der Waals surface area contributed by atoms with Gasteiger partial charge in [0.2, 0.25) is 5.91 Å². The van der Waals surface area contributed by atoms with Crippen molar-refractivity contribution < 1.29 is 9.59 Å². The maximum Gasteiger partial charge on any atom is 0.321 e. The van der Waals surface area contributed by atoms with E-state index in [1.807, 2.05) is 25.1 Å². The summed E-state index contributed by atoms with van der Waals surface area (Å²) in [5.74, 6) is -0.0916. The fourth-order valence-electron chi connectivity index (χ4n) is 1.85. The van der Waals surface area contributed by atoms with E-state index in [0.717, 1.165) is 10.2 Å². The summed E-state index contributed by atoms with van der Waals surface area (Å²) in [6.45, 7) is 1.83. The van der Waals surface area contributed by atoms with Crippen molar-refractivity contribution in [3.05, 3.63) is 23.7 Å². The van der Waals surface area contributed by atoms with Crippen LogP contribution in [0.2, 0.25) is 0 Å². The second-order valence-corrected chi connectivity index (χ2v) is 5.69. The molecular weight excluding hydrogens is 288 g/mol. The van der Waals surface area contributed by atoms with Crippen LogP contribution in [0.1, 0.15) is 13.3 Å². The summed E-state index contributed by atoms with van der Waals surface area (Å²) in [5, 5.41) is 5.37. The fourth-order valence-corrected chi connectivity index (χ4v) is 2.51. The maximum atomic E-state index is 12.2. The first-order valence-electron chi connectivity index (χ1n) is 6.59. The van der Waals surface area contributed by atoms with Gasteiger partial charge < -0.3 is 15.5 Å². The number of hydrogen-bond acceptors (Lipinski definition) is 4. The summed E-state index contributed by atoms with van der Waals surface area (Å²) >= 11 is 1.56. The van der Waals surface area contributed by atoms with Crippen LogP contribution in [-0.4, -0.2) is 42.0 Å². The maximum absolute atomic E-state index is 12.2. The van der Waals surface area contributed by atoms with Gasteiger partial charge in [0.05, 0.1) is 15.7 Å². The van der Waals surface area contributed by atoms with Gasteiger partial charge in [0.15, 0.2) is 0 Å². The lowest BCUT2D eigenvalue weighted by molar-refractivity contribution is -0.121. The first-order valence-corrected chi connectivity index (χ1v) is 7.47. The third-order valence-corrected chi connectivity index (χ3v) is 4.13. The molecule has 0 bridgehead atoms. The number of thiazole rings is 1. The third-order valence-electron chi connectivity index (χ3n) is 3.32. The van der Waals surface area contributed by atoms with Crippen LogP contribution in [0.15, 0.2) is 23.7 Å². The van der Waals surface area contributed by atoms with Crippen molar-refractivity contribution in [1.29, 1.82) is 0 Å². The van der Waals surface area contributed by atoms with Crippen LogP contribution in [-0.2, 0) is 4.79 Å². The van der Waals surface area contributed by atoms with Gasteiger partial charge in [0, 0.05) is 32.2 Å². The molecule has 0 radical (unpaired) electrons. The average molecular weight is 306 g/mol. The van der Waals surface area contributed by atoms with Gasteiger partial charge >= 0.3 is 6.03 Å². The average Bonchev–Trinajstić information content (AvgIpc) is 2.93. The molecule has 1 aromatic heterocycles. The lowest BCUT2D eigenvalue weighted by Gasteiger charge is -2.24. The van der Waals surface area contributed by atoms with Gasteiger partial charge in [-0.15, -0.1) is 11.3 Å². The Balaban J connectivity index is 2.00. The molecule has 2 aromatic rings. The molecule has 3 amide bonds. The molecule has 0 aliphatic carbocycles. The SMILES string of the molecule is CNC(=O)CC(C)N(C)C(=O)Nc1ccc2scnc2c1. The number of nitrogens with one attached hydrogen (secondary N) is 2. The first kappa shape index (κ1) is 15.2. The van der Waals surface area contributed by atoms with E-state index >= 15 is 0 Å². The van der Waals surface area contributed by atoms with E-state index in [9.17, 15) is 9.59 Å². The monoisotopic (exact) mass is 306 g/mol. The van der Waals surface area contributed by atoms with Crippen molar-refractivity contribution in [2.45, 2.75) is 19.4 Å². The Labute approximate surface area is 127 Å². The van der Waals surface area contributed by atoms with Crippen LogP contribution in [0.5, 0.6) is 0 Å². The molecule has 112 valence electrons. The fraction of sp³-hybridized carbons (Fsp3) is 0.357. The molecule has 0 saturated heterocycles. The number of urea groups is 1. The van der Waals surface area contributed by atoms with Crippen LogP contribution in [0, 0.1) is 0 Å². The number of rotatable bonds is 4. The molecule has 0 aliphatic heterocycles. The predicted molar refractivity (Wildman–Crippen MR) is 84.5 cm³/mol. The lowest BCUT2D eigenvalue weighted by atomic mass is 10.2. The molecule has 6 nitrogen and oxygen atoms in total. The zero-order chi connectivity index (χ0) is 15.4. The van der Waals surface area contributed by atoms with Crippen molar-refractivity contribution in [3.8, 4) is 0 Å². The van der Waals surface area contributed by atoms with E-state index in [-0.39, 0.29) is 24.4 Å². The molecule has 1 unspecified atom stereocenters. The minimum Gasteiger partial charge on any atom is -0.359 e. The molecule has 0 spiro atoms. The summed E-state index contributed by atoms with van der Waals surface area (Å²) < 4.78 is 1.08. The van der Waals surface area contributed by atoms with Crippen LogP contribution >= 0.6 is 11.3 Å². The molecule has 2 rings (SSSR count). The Bertz CT molecular complexity index is 655. The summed E-state index contributed by atoms with van der Waals surface area (Å²) in [6, 6.07) is 5.17. The molecule has 1 atom stereocenters. The number of amides is 3. The van der Waals surface area contributed by atoms with Crippen molar-refractivity contribution in [3.63, 3.8) is 0 Å². The Morgan fingerprint density at radius 3 is 2.90 bits per heavy atom. The highest BCUT2D eigenvalue weighted by atomic mass is 32.1. The van der Waals surface area contributed by atoms with E-state index in [2.05, 4.69) is 15.6 Å². The summed E-state index contributed by atoms with van der Waals surface area (Å²) in [7, 11) is 3.25. The van der Waals surface area contributed by atoms with Gasteiger partial charge in [-0.3, -0.25) is 4.79 Å². The third kappa shape index (κ3) is 3.69. The van der Waals surface area contributed by atoms with Gasteiger partial charge in [-0.25, -0.2) is 9.78 Å². The van der Waals surface area contributed by atoms with Crippen molar-refractivity contribution in [1.82, 2.24) is 15.2 Å². The zero-order valence-electron chi connectivity index (χ0n) is 12.2. The van der Waals surface area contributed by atoms with Gasteiger partial charge in [-0.2, -0.15) is 0 Å². The topological polar surface area (TPSA) is 74.3 Å². The van der Waals surface area contributed by atoms with Crippen LogP contribution in [0.4, 0.5) is 10.5 Å². The highest BCUT2D eigenvalue weighted by Gasteiger charge is 2.18. The minimum atomic E-state index is -0.249. The zero-order valence-corrected chi connectivity index (χ0v) is 13.0. The van der Waals surface area contributed by atoms with Gasteiger partial charge in [-0.1, -0.05) is 0 Å². The number of benzene rings is 1. The molecule has 7 heteroatoms. The van der Waals surface area contributed by atoms with Crippen molar-refractivity contribution >= 4 is 39.2 Å². The lowest BCUT2D eigenvalue weighted by Crippen LogP contribution is -2.40. The van der Waals surface area contributed by atoms with Gasteiger partial charge in [-0.05, 0) is 25.1 Å². The van der Waals surface area contributed by atoms with Gasteiger partial charge in [0.25, 0.3) is 0 Å². The van der Waals surface area contributed by atoms with E-state index < -0.39 is 0 Å². The highest BCUT2D eigenvalue weighted by Crippen LogP contribution is 2.21. The molecule has 0 aliphatic rings. The van der Waals surface area contributed by atoms with Crippen LogP contribution in [0.3, 0.4) is 0 Å². The molecule has 2 N–H and O–H groups in total. The summed E-state index contributed by atoms with van der Waals surface area (Å²) in [4.78, 5) is 29.2. The quantitative estimate of drug-likeness (QED) is 0.910. The number of carbonyl (C=O) groups excluding carboxylic acids is 2. The number of carbonyl (C=O) groups is 2. The second-order valence-electron chi connectivity index (χ2n) is 4.80. The normalized spacial score (nSPS) is 12.0. The van der Waals surface area contributed by atoms with Crippen molar-refractivity contribution in [2.75, 3.05) is 19.4 Å². The number of nitrogens with zero attached hydrogens (tertiary/aromatic N) is 2. The number of hydrogen-bond donors (Lipinski definition) is 2. The van der Waals surface area contributed by atoms with Gasteiger partial charge in [0.1, 0.15) is 0 Å². The van der Waals surface area contributed by atoms with E-state index in [1.165, 1.54) is 4.90 Å². The molecule has 1 heterocycles. The van der Waals surface area contributed by atoms with Crippen LogP contribution < -0.4 is 10.6 Å². The molecule has 0 saturated carbocycles. The number of anilines is 1. The highest BCUT2D eigenvalue weighted by molar-refractivity contribution is 7.16. The summed E-state index contributed by atoms with van der Waals surface area (Å²) in [6.07, 6.45) is 0.269. The Hall–Kier alpha value is -2.15. The first-order chi connectivity index (χ1) is 10.0. The molecule has 1 aromatic carbocycles. The Morgan fingerprint density at radius 1 is 1.43 bits per heavy atom. The Kier molecular flexibility index (Phi) is 4.74. The molecular formula is C14H18N4O2S. The Morgan fingerprint density at radius 2 is 2.19 bits per heavy atom. The van der Waals surface area contributed by atoms with Crippen LogP contribution in [0.25, 0.3) is 10.2 Å². The molecule has 0 fully saturated rings. The van der Waals surface area contributed by atoms with E-state index in [0.29, 0.717) is 5.69 Å². The largest absolute Gasteiger partial charge is 0.359 e.